The molecule has 1 rings (SSSR count). The van der Waals surface area contributed by atoms with Crippen molar-refractivity contribution >= 4 is 21.6 Å². The zero-order chi connectivity index (χ0) is 16.2. The normalized spacial score (nSPS) is 11.7. The van der Waals surface area contributed by atoms with Crippen LogP contribution in [0, 0.1) is 0 Å². The molecule has 118 valence electrons. The molecular weight excluding hydrogens is 294 g/mol. The number of likely N-dealkylation sites (N-methyl/N-ethyl adjacent to an activating group) is 1. The third-order valence-electron chi connectivity index (χ3n) is 2.72. The highest BCUT2D eigenvalue weighted by atomic mass is 32.2. The number of amides is 1. The summed E-state index contributed by atoms with van der Waals surface area (Å²) in [5.41, 5.74) is 5.82. The molecule has 0 aromatic heterocycles. The molecular formula is C13H21N3O4S. The first-order valence-electron chi connectivity index (χ1n) is 6.37. The van der Waals surface area contributed by atoms with Crippen molar-refractivity contribution in [1.29, 1.82) is 0 Å². The van der Waals surface area contributed by atoms with Crippen molar-refractivity contribution < 1.29 is 17.9 Å². The highest BCUT2D eigenvalue weighted by Crippen LogP contribution is 2.25. The number of nitrogen functional groups attached to an aromatic ring is 1. The summed E-state index contributed by atoms with van der Waals surface area (Å²) < 4.78 is 30.7. The van der Waals surface area contributed by atoms with E-state index >= 15 is 0 Å². The molecule has 7 nitrogen and oxygen atoms in total. The monoisotopic (exact) mass is 315 g/mol. The van der Waals surface area contributed by atoms with E-state index in [0.717, 1.165) is 4.31 Å². The second-order valence-electron chi connectivity index (χ2n) is 4.89. The van der Waals surface area contributed by atoms with Gasteiger partial charge in [-0.2, -0.15) is 4.31 Å². The van der Waals surface area contributed by atoms with Crippen LogP contribution in [0.25, 0.3) is 0 Å². The van der Waals surface area contributed by atoms with E-state index in [9.17, 15) is 13.2 Å². The predicted octanol–water partition coefficient (Wildman–Crippen LogP) is 0.423. The summed E-state index contributed by atoms with van der Waals surface area (Å²) >= 11 is 0. The lowest BCUT2D eigenvalue weighted by Crippen LogP contribution is -2.40. The molecule has 0 spiro atoms. The minimum Gasteiger partial charge on any atom is -0.497 e. The lowest BCUT2D eigenvalue weighted by Gasteiger charge is -2.19. The molecule has 3 N–H and O–H groups in total. The molecule has 0 fully saturated rings. The SMILES string of the molecule is COc1ccc(S(=O)(=O)N(C)CC(=O)NC(C)C)c(N)c1. The van der Waals surface area contributed by atoms with Gasteiger partial charge in [0.25, 0.3) is 0 Å². The molecule has 0 saturated carbocycles. The number of hydrogen-bond acceptors (Lipinski definition) is 5. The first-order valence-corrected chi connectivity index (χ1v) is 7.81. The van der Waals surface area contributed by atoms with Gasteiger partial charge >= 0.3 is 0 Å². The zero-order valence-electron chi connectivity index (χ0n) is 12.6. The van der Waals surface area contributed by atoms with Gasteiger partial charge in [0.05, 0.1) is 19.3 Å². The summed E-state index contributed by atoms with van der Waals surface area (Å²) in [4.78, 5) is 11.6. The van der Waals surface area contributed by atoms with Gasteiger partial charge in [-0.15, -0.1) is 0 Å². The number of methoxy groups -OCH3 is 1. The first-order chi connectivity index (χ1) is 9.68. The molecule has 0 radical (unpaired) electrons. The molecule has 0 atom stereocenters. The third-order valence-corrected chi connectivity index (χ3v) is 4.60. The van der Waals surface area contributed by atoms with Crippen molar-refractivity contribution in [2.75, 3.05) is 26.4 Å². The summed E-state index contributed by atoms with van der Waals surface area (Å²) in [7, 11) is -1.04. The topological polar surface area (TPSA) is 102 Å². The van der Waals surface area contributed by atoms with Gasteiger partial charge in [0.2, 0.25) is 15.9 Å². The predicted molar refractivity (Wildman–Crippen MR) is 80.5 cm³/mol. The molecule has 8 heteroatoms. The number of carbonyl (C=O) groups excluding carboxylic acids is 1. The number of benzene rings is 1. The minimum absolute atomic E-state index is 0.0526. The van der Waals surface area contributed by atoms with Gasteiger partial charge in [0.1, 0.15) is 10.6 Å². The van der Waals surface area contributed by atoms with Crippen LogP contribution in [0.15, 0.2) is 23.1 Å². The lowest BCUT2D eigenvalue weighted by atomic mass is 10.3. The summed E-state index contributed by atoms with van der Waals surface area (Å²) in [5, 5.41) is 2.63. The molecule has 0 heterocycles. The molecule has 1 amide bonds. The summed E-state index contributed by atoms with van der Waals surface area (Å²) in [6.45, 7) is 3.33. The molecule has 0 aliphatic heterocycles. The van der Waals surface area contributed by atoms with Crippen LogP contribution < -0.4 is 15.8 Å². The summed E-state index contributed by atoms with van der Waals surface area (Å²) in [6.07, 6.45) is 0. The van der Waals surface area contributed by atoms with Gasteiger partial charge in [-0.05, 0) is 26.0 Å². The number of rotatable bonds is 6. The largest absolute Gasteiger partial charge is 0.497 e. The van der Waals surface area contributed by atoms with E-state index in [2.05, 4.69) is 5.32 Å². The second-order valence-corrected chi connectivity index (χ2v) is 6.90. The zero-order valence-corrected chi connectivity index (χ0v) is 13.4. The molecule has 0 unspecified atom stereocenters. The van der Waals surface area contributed by atoms with Gasteiger partial charge in [0, 0.05) is 19.2 Å². The third kappa shape index (κ3) is 4.33. The number of sulfonamides is 1. The first kappa shape index (κ1) is 17.3. The quantitative estimate of drug-likeness (QED) is 0.741. The fourth-order valence-corrected chi connectivity index (χ4v) is 2.93. The van der Waals surface area contributed by atoms with E-state index in [1.165, 1.54) is 32.4 Å². The van der Waals surface area contributed by atoms with E-state index in [0.29, 0.717) is 5.75 Å². The lowest BCUT2D eigenvalue weighted by molar-refractivity contribution is -0.121. The van der Waals surface area contributed by atoms with Crippen LogP contribution >= 0.6 is 0 Å². The van der Waals surface area contributed by atoms with E-state index in [-0.39, 0.29) is 29.1 Å². The number of anilines is 1. The Bertz CT molecular complexity index is 614. The van der Waals surface area contributed by atoms with Gasteiger partial charge in [-0.3, -0.25) is 4.79 Å². The minimum atomic E-state index is -3.83. The Kier molecular flexibility index (Phi) is 5.56. The Morgan fingerprint density at radius 2 is 2.05 bits per heavy atom. The maximum Gasteiger partial charge on any atom is 0.245 e. The van der Waals surface area contributed by atoms with Crippen LogP contribution in [0.5, 0.6) is 5.75 Å². The number of nitrogens with two attached hydrogens (primary N) is 1. The average molecular weight is 315 g/mol. The molecule has 0 bridgehead atoms. The van der Waals surface area contributed by atoms with Gasteiger partial charge in [-0.1, -0.05) is 0 Å². The maximum atomic E-state index is 12.4. The smallest absolute Gasteiger partial charge is 0.245 e. The number of nitrogens with zero attached hydrogens (tertiary/aromatic N) is 1. The Balaban J connectivity index is 2.97. The van der Waals surface area contributed by atoms with E-state index in [1.807, 2.05) is 0 Å². The standard InChI is InChI=1S/C13H21N3O4S/c1-9(2)15-13(17)8-16(3)21(18,19)12-6-5-10(20-4)7-11(12)14/h5-7,9H,8,14H2,1-4H3,(H,15,17). The van der Waals surface area contributed by atoms with Crippen molar-refractivity contribution in [3.63, 3.8) is 0 Å². The van der Waals surface area contributed by atoms with E-state index < -0.39 is 10.0 Å². The van der Waals surface area contributed by atoms with Crippen LogP contribution in [-0.4, -0.2) is 45.4 Å². The fraction of sp³-hybridized carbons (Fsp3) is 0.462. The molecule has 21 heavy (non-hydrogen) atoms. The molecule has 1 aromatic rings. The Morgan fingerprint density at radius 1 is 1.43 bits per heavy atom. The second kappa shape index (κ2) is 6.77. The molecule has 1 aromatic carbocycles. The molecule has 0 saturated heterocycles. The Labute approximate surface area is 125 Å². The van der Waals surface area contributed by atoms with Crippen LogP contribution in [-0.2, 0) is 14.8 Å². The number of hydrogen-bond donors (Lipinski definition) is 2. The Hall–Kier alpha value is -1.80. The van der Waals surface area contributed by atoms with E-state index in [4.69, 9.17) is 10.5 Å². The van der Waals surface area contributed by atoms with Crippen LogP contribution in [0.1, 0.15) is 13.8 Å². The molecule has 0 aliphatic rings. The number of nitrogens with one attached hydrogen (secondary N) is 1. The van der Waals surface area contributed by atoms with Crippen molar-refractivity contribution in [2.45, 2.75) is 24.8 Å². The van der Waals surface area contributed by atoms with E-state index in [1.54, 1.807) is 13.8 Å². The number of ether oxygens (including phenoxy) is 1. The Morgan fingerprint density at radius 3 is 2.52 bits per heavy atom. The highest BCUT2D eigenvalue weighted by molar-refractivity contribution is 7.89. The van der Waals surface area contributed by atoms with Crippen LogP contribution in [0.3, 0.4) is 0 Å². The van der Waals surface area contributed by atoms with Crippen molar-refractivity contribution in [3.8, 4) is 5.75 Å². The highest BCUT2D eigenvalue weighted by Gasteiger charge is 2.25. The average Bonchev–Trinajstić information content (AvgIpc) is 2.36. The maximum absolute atomic E-state index is 12.4. The van der Waals surface area contributed by atoms with Gasteiger partial charge in [-0.25, -0.2) is 8.42 Å². The van der Waals surface area contributed by atoms with Crippen molar-refractivity contribution in [2.24, 2.45) is 0 Å². The van der Waals surface area contributed by atoms with Crippen molar-refractivity contribution in [3.05, 3.63) is 18.2 Å². The molecule has 0 aliphatic carbocycles. The summed E-state index contributed by atoms with van der Waals surface area (Å²) in [6, 6.07) is 4.24. The van der Waals surface area contributed by atoms with Crippen LogP contribution in [0.4, 0.5) is 5.69 Å². The van der Waals surface area contributed by atoms with Gasteiger partial charge in [0.15, 0.2) is 0 Å². The van der Waals surface area contributed by atoms with Crippen molar-refractivity contribution in [1.82, 2.24) is 9.62 Å². The summed E-state index contributed by atoms with van der Waals surface area (Å²) in [5.74, 6) is 0.0924. The fourth-order valence-electron chi connectivity index (χ4n) is 1.71. The number of carbonyl (C=O) groups is 1. The van der Waals surface area contributed by atoms with Gasteiger partial charge < -0.3 is 15.8 Å². The van der Waals surface area contributed by atoms with Crippen LogP contribution in [0.2, 0.25) is 0 Å².